The fraction of sp³-hybridized carbons (Fsp3) is 0.933. The van der Waals surface area contributed by atoms with Crippen molar-refractivity contribution in [3.63, 3.8) is 0 Å². The van der Waals surface area contributed by atoms with Gasteiger partial charge in [0.25, 0.3) is 0 Å². The summed E-state index contributed by atoms with van der Waals surface area (Å²) in [6.45, 7) is 6.80. The predicted molar refractivity (Wildman–Crippen MR) is 72.0 cm³/mol. The number of carbonyl (C=O) groups excluding carboxylic acids is 1. The molecule has 0 aromatic rings. The van der Waals surface area contributed by atoms with Crippen LogP contribution in [0.3, 0.4) is 0 Å². The number of hydrogen-bond acceptors (Lipinski definition) is 3. The molecule has 2 rings (SSSR count). The molecule has 0 bridgehead atoms. The van der Waals surface area contributed by atoms with Crippen LogP contribution < -0.4 is 5.73 Å². The van der Waals surface area contributed by atoms with Crippen LogP contribution in [0, 0.1) is 17.3 Å². The van der Waals surface area contributed by atoms with E-state index in [-0.39, 0.29) is 24.0 Å². The maximum atomic E-state index is 12.1. The highest BCUT2D eigenvalue weighted by Gasteiger charge is 2.36. The lowest BCUT2D eigenvalue weighted by atomic mass is 9.71. The van der Waals surface area contributed by atoms with Crippen molar-refractivity contribution in [2.24, 2.45) is 23.0 Å². The van der Waals surface area contributed by atoms with Crippen LogP contribution >= 0.6 is 0 Å². The molecule has 2 N–H and O–H groups in total. The zero-order valence-corrected chi connectivity index (χ0v) is 11.9. The van der Waals surface area contributed by atoms with Gasteiger partial charge in [0.1, 0.15) is 6.10 Å². The maximum Gasteiger partial charge on any atom is 0.309 e. The van der Waals surface area contributed by atoms with Crippen LogP contribution in [0.4, 0.5) is 0 Å². The van der Waals surface area contributed by atoms with Crippen molar-refractivity contribution in [2.75, 3.05) is 0 Å². The molecule has 2 fully saturated rings. The highest BCUT2D eigenvalue weighted by molar-refractivity contribution is 5.73. The van der Waals surface area contributed by atoms with E-state index < -0.39 is 0 Å². The standard InChI is InChI=1S/C15H27NO2/c1-10-6-13(9-15(2,3)8-10)18-14(17)11-4-5-12(16)7-11/h10-13H,4-9,16H2,1-3H3/t10?,11-,12+,13?/m1/s1. The monoisotopic (exact) mass is 253 g/mol. The molecule has 2 saturated carbocycles. The Labute approximate surface area is 110 Å². The molecule has 2 unspecified atom stereocenters. The molecule has 3 heteroatoms. The highest BCUT2D eigenvalue weighted by atomic mass is 16.5. The van der Waals surface area contributed by atoms with E-state index in [0.29, 0.717) is 11.3 Å². The summed E-state index contributed by atoms with van der Waals surface area (Å²) in [4.78, 5) is 12.1. The van der Waals surface area contributed by atoms with Gasteiger partial charge in [0.15, 0.2) is 0 Å². The predicted octanol–water partition coefficient (Wildman–Crippen LogP) is 2.87. The van der Waals surface area contributed by atoms with Gasteiger partial charge in [-0.2, -0.15) is 0 Å². The number of nitrogens with two attached hydrogens (primary N) is 1. The van der Waals surface area contributed by atoms with Crippen LogP contribution in [-0.4, -0.2) is 18.1 Å². The molecule has 0 aromatic heterocycles. The van der Waals surface area contributed by atoms with Crippen molar-refractivity contribution in [1.29, 1.82) is 0 Å². The molecule has 4 atom stereocenters. The summed E-state index contributed by atoms with van der Waals surface area (Å²) in [5, 5.41) is 0. The zero-order valence-electron chi connectivity index (χ0n) is 11.9. The number of hydrogen-bond donors (Lipinski definition) is 1. The van der Waals surface area contributed by atoms with Crippen LogP contribution in [0.2, 0.25) is 0 Å². The van der Waals surface area contributed by atoms with E-state index in [1.165, 1.54) is 6.42 Å². The van der Waals surface area contributed by atoms with Crippen molar-refractivity contribution in [3.05, 3.63) is 0 Å². The second-order valence-electron chi connectivity index (χ2n) is 7.24. The molecule has 0 spiro atoms. The van der Waals surface area contributed by atoms with Gasteiger partial charge < -0.3 is 10.5 Å². The second-order valence-corrected chi connectivity index (χ2v) is 7.24. The van der Waals surface area contributed by atoms with Crippen molar-refractivity contribution in [2.45, 2.75) is 71.4 Å². The third-order valence-electron chi connectivity index (χ3n) is 4.44. The third-order valence-corrected chi connectivity index (χ3v) is 4.44. The van der Waals surface area contributed by atoms with Crippen molar-refractivity contribution < 1.29 is 9.53 Å². The van der Waals surface area contributed by atoms with E-state index in [0.717, 1.165) is 32.1 Å². The minimum absolute atomic E-state index is 0.00199. The van der Waals surface area contributed by atoms with Gasteiger partial charge in [-0.3, -0.25) is 4.79 Å². The Bertz CT molecular complexity index is 314. The third kappa shape index (κ3) is 3.47. The normalized spacial score (nSPS) is 39.6. The minimum Gasteiger partial charge on any atom is -0.462 e. The van der Waals surface area contributed by atoms with Gasteiger partial charge in [0, 0.05) is 6.04 Å². The minimum atomic E-state index is -0.00199. The summed E-state index contributed by atoms with van der Waals surface area (Å²) in [6, 6.07) is 0.198. The average Bonchev–Trinajstić information content (AvgIpc) is 2.61. The number of ether oxygens (including phenoxy) is 1. The van der Waals surface area contributed by atoms with Crippen molar-refractivity contribution >= 4 is 5.97 Å². The Kier molecular flexibility index (Phi) is 4.00. The van der Waals surface area contributed by atoms with E-state index in [4.69, 9.17) is 10.5 Å². The first-order valence-corrected chi connectivity index (χ1v) is 7.32. The van der Waals surface area contributed by atoms with Gasteiger partial charge in [0.05, 0.1) is 5.92 Å². The molecule has 2 aliphatic carbocycles. The molecule has 0 heterocycles. The average molecular weight is 253 g/mol. The molecule has 104 valence electrons. The highest BCUT2D eigenvalue weighted by Crippen LogP contribution is 2.40. The van der Waals surface area contributed by atoms with Crippen LogP contribution in [0.1, 0.15) is 59.3 Å². The Hall–Kier alpha value is -0.570. The van der Waals surface area contributed by atoms with E-state index >= 15 is 0 Å². The van der Waals surface area contributed by atoms with E-state index in [9.17, 15) is 4.79 Å². The Morgan fingerprint density at radius 3 is 2.50 bits per heavy atom. The second kappa shape index (κ2) is 5.20. The van der Waals surface area contributed by atoms with Crippen LogP contribution in [0.5, 0.6) is 0 Å². The molecule has 0 aliphatic heterocycles. The number of esters is 1. The fourth-order valence-electron chi connectivity index (χ4n) is 3.84. The van der Waals surface area contributed by atoms with Crippen LogP contribution in [0.25, 0.3) is 0 Å². The van der Waals surface area contributed by atoms with E-state index in [1.54, 1.807) is 0 Å². The Balaban J connectivity index is 1.87. The molecular formula is C15H27NO2. The summed E-state index contributed by atoms with van der Waals surface area (Å²) >= 11 is 0. The lowest BCUT2D eigenvalue weighted by Gasteiger charge is -2.38. The van der Waals surface area contributed by atoms with E-state index in [2.05, 4.69) is 20.8 Å². The first-order chi connectivity index (χ1) is 8.35. The van der Waals surface area contributed by atoms with E-state index in [1.807, 2.05) is 0 Å². The lowest BCUT2D eigenvalue weighted by Crippen LogP contribution is -2.35. The topological polar surface area (TPSA) is 52.3 Å². The molecular weight excluding hydrogens is 226 g/mol. The lowest BCUT2D eigenvalue weighted by molar-refractivity contribution is -0.158. The van der Waals surface area contributed by atoms with Gasteiger partial charge in [0.2, 0.25) is 0 Å². The summed E-state index contributed by atoms with van der Waals surface area (Å²) in [5.74, 6) is 0.704. The molecule has 2 aliphatic rings. The zero-order chi connectivity index (χ0) is 13.3. The molecule has 3 nitrogen and oxygen atoms in total. The summed E-state index contributed by atoms with van der Waals surface area (Å²) in [7, 11) is 0. The van der Waals surface area contributed by atoms with Crippen LogP contribution in [-0.2, 0) is 9.53 Å². The first-order valence-electron chi connectivity index (χ1n) is 7.32. The number of rotatable bonds is 2. The van der Waals surface area contributed by atoms with Gasteiger partial charge in [-0.05, 0) is 49.9 Å². The summed E-state index contributed by atoms with van der Waals surface area (Å²) in [5.41, 5.74) is 6.15. The SMILES string of the molecule is CC1CC(OC(=O)[C@@H]2CC[C@H](N)C2)CC(C)(C)C1. The quantitative estimate of drug-likeness (QED) is 0.770. The van der Waals surface area contributed by atoms with Gasteiger partial charge >= 0.3 is 5.97 Å². The smallest absolute Gasteiger partial charge is 0.309 e. The Morgan fingerprint density at radius 1 is 1.22 bits per heavy atom. The van der Waals surface area contributed by atoms with Crippen LogP contribution in [0.15, 0.2) is 0 Å². The Morgan fingerprint density at radius 2 is 1.94 bits per heavy atom. The van der Waals surface area contributed by atoms with Gasteiger partial charge in [-0.1, -0.05) is 20.8 Å². The van der Waals surface area contributed by atoms with Gasteiger partial charge in [-0.25, -0.2) is 0 Å². The first kappa shape index (κ1) is 13.9. The largest absolute Gasteiger partial charge is 0.462 e. The number of carbonyl (C=O) groups is 1. The van der Waals surface area contributed by atoms with Crippen molar-refractivity contribution in [1.82, 2.24) is 0 Å². The molecule has 0 aromatic carbocycles. The maximum absolute atomic E-state index is 12.1. The summed E-state index contributed by atoms with van der Waals surface area (Å²) < 4.78 is 5.74. The summed E-state index contributed by atoms with van der Waals surface area (Å²) in [6.07, 6.45) is 6.06. The van der Waals surface area contributed by atoms with Gasteiger partial charge in [-0.15, -0.1) is 0 Å². The molecule has 0 amide bonds. The molecule has 0 radical (unpaired) electrons. The molecule has 18 heavy (non-hydrogen) atoms. The fourth-order valence-corrected chi connectivity index (χ4v) is 3.84. The molecule has 0 saturated heterocycles. The van der Waals surface area contributed by atoms with Crippen molar-refractivity contribution in [3.8, 4) is 0 Å².